The van der Waals surface area contributed by atoms with Crippen LogP contribution in [0.2, 0.25) is 0 Å². The largest absolute Gasteiger partial charge is 0.439 e. The molecule has 0 radical (unpaired) electrons. The molecule has 0 amide bonds. The molecular formula is C17H20N2O2. The number of hydrogen-bond donors (Lipinski definition) is 2. The normalized spacial score (nSPS) is 13.2. The second-order valence-corrected chi connectivity index (χ2v) is 5.34. The predicted molar refractivity (Wildman–Crippen MR) is 81.5 cm³/mol. The second kappa shape index (κ2) is 6.24. The van der Waals surface area contributed by atoms with Crippen LogP contribution in [-0.4, -0.2) is 16.7 Å². The first kappa shape index (κ1) is 14.0. The van der Waals surface area contributed by atoms with E-state index >= 15 is 0 Å². The van der Waals surface area contributed by atoms with Gasteiger partial charge in [-0.15, -0.1) is 0 Å². The van der Waals surface area contributed by atoms with Crippen LogP contribution in [0.3, 0.4) is 0 Å². The van der Waals surface area contributed by atoms with E-state index in [9.17, 15) is 0 Å². The van der Waals surface area contributed by atoms with E-state index in [0.717, 1.165) is 41.8 Å². The fourth-order valence-electron chi connectivity index (χ4n) is 2.70. The average molecular weight is 284 g/mol. The number of ether oxygens (including phenoxy) is 1. The monoisotopic (exact) mass is 284 g/mol. The molecule has 0 fully saturated rings. The molecule has 0 saturated heterocycles. The van der Waals surface area contributed by atoms with Gasteiger partial charge in [-0.1, -0.05) is 12.1 Å². The van der Waals surface area contributed by atoms with Gasteiger partial charge in [0.2, 0.25) is 5.88 Å². The maximum Gasteiger partial charge on any atom is 0.223 e. The number of hydrogen-bond acceptors (Lipinski definition) is 4. The molecule has 1 heterocycles. The van der Waals surface area contributed by atoms with Crippen LogP contribution in [0.1, 0.15) is 28.8 Å². The maximum atomic E-state index is 8.93. The first-order valence-electron chi connectivity index (χ1n) is 7.39. The van der Waals surface area contributed by atoms with Gasteiger partial charge in [0.05, 0.1) is 0 Å². The molecule has 0 atom stereocenters. The van der Waals surface area contributed by atoms with Crippen LogP contribution in [0.5, 0.6) is 11.6 Å². The Morgan fingerprint density at radius 2 is 2.00 bits per heavy atom. The van der Waals surface area contributed by atoms with Crippen molar-refractivity contribution in [3.63, 3.8) is 0 Å². The van der Waals surface area contributed by atoms with Gasteiger partial charge in [-0.05, 0) is 55.0 Å². The molecule has 2 aromatic rings. The summed E-state index contributed by atoms with van der Waals surface area (Å²) in [6.07, 6.45) is 3.93. The highest BCUT2D eigenvalue weighted by Gasteiger charge is 2.17. The van der Waals surface area contributed by atoms with Crippen molar-refractivity contribution in [3.05, 3.63) is 52.7 Å². The van der Waals surface area contributed by atoms with Crippen molar-refractivity contribution in [2.75, 3.05) is 6.61 Å². The molecule has 3 N–H and O–H groups in total. The number of benzene rings is 1. The zero-order valence-electron chi connectivity index (χ0n) is 12.0. The minimum atomic E-state index is 0.157. The first-order chi connectivity index (χ1) is 10.3. The molecule has 4 heteroatoms. The van der Waals surface area contributed by atoms with Crippen LogP contribution < -0.4 is 10.5 Å². The Labute approximate surface area is 124 Å². The predicted octanol–water partition coefficient (Wildman–Crippen LogP) is 2.36. The number of aryl methyl sites for hydroxylation is 2. The van der Waals surface area contributed by atoms with Gasteiger partial charge >= 0.3 is 0 Å². The van der Waals surface area contributed by atoms with Gasteiger partial charge in [-0.3, -0.25) is 0 Å². The molecule has 0 spiro atoms. The lowest BCUT2D eigenvalue weighted by Crippen LogP contribution is -2.04. The van der Waals surface area contributed by atoms with Gasteiger partial charge in [0.1, 0.15) is 5.75 Å². The maximum absolute atomic E-state index is 8.93. The summed E-state index contributed by atoms with van der Waals surface area (Å²) < 4.78 is 5.91. The Morgan fingerprint density at radius 3 is 2.71 bits per heavy atom. The van der Waals surface area contributed by atoms with E-state index in [4.69, 9.17) is 15.6 Å². The van der Waals surface area contributed by atoms with E-state index in [1.165, 1.54) is 5.56 Å². The smallest absolute Gasteiger partial charge is 0.223 e. The van der Waals surface area contributed by atoms with Gasteiger partial charge < -0.3 is 15.6 Å². The van der Waals surface area contributed by atoms with Crippen LogP contribution >= 0.6 is 0 Å². The van der Waals surface area contributed by atoms with Crippen molar-refractivity contribution in [1.29, 1.82) is 0 Å². The van der Waals surface area contributed by atoms with Crippen LogP contribution in [0.25, 0.3) is 0 Å². The summed E-state index contributed by atoms with van der Waals surface area (Å²) in [6.45, 7) is 0.585. The molecule has 0 aliphatic heterocycles. The number of aliphatic hydroxyl groups is 1. The number of fused-ring (bicyclic) bond motifs is 1. The van der Waals surface area contributed by atoms with Crippen molar-refractivity contribution in [2.45, 2.75) is 32.2 Å². The molecule has 0 bridgehead atoms. The molecule has 4 nitrogen and oxygen atoms in total. The Bertz CT molecular complexity index is 623. The Balaban J connectivity index is 1.83. The number of pyridine rings is 1. The molecule has 3 rings (SSSR count). The highest BCUT2D eigenvalue weighted by Crippen LogP contribution is 2.29. The Hall–Kier alpha value is -1.91. The van der Waals surface area contributed by atoms with Crippen molar-refractivity contribution >= 4 is 0 Å². The molecule has 21 heavy (non-hydrogen) atoms. The van der Waals surface area contributed by atoms with Crippen LogP contribution in [0.15, 0.2) is 30.3 Å². The van der Waals surface area contributed by atoms with E-state index in [1.54, 1.807) is 0 Å². The van der Waals surface area contributed by atoms with Crippen molar-refractivity contribution < 1.29 is 9.84 Å². The highest BCUT2D eigenvalue weighted by atomic mass is 16.5. The van der Waals surface area contributed by atoms with E-state index in [1.807, 2.05) is 24.3 Å². The SMILES string of the molecule is NCc1cc2c(nc1Oc1ccc(CCO)cc1)CCC2. The highest BCUT2D eigenvalue weighted by molar-refractivity contribution is 5.39. The van der Waals surface area contributed by atoms with Crippen molar-refractivity contribution in [2.24, 2.45) is 5.73 Å². The number of rotatable bonds is 5. The van der Waals surface area contributed by atoms with Crippen molar-refractivity contribution in [1.82, 2.24) is 4.98 Å². The Kier molecular flexibility index (Phi) is 4.18. The van der Waals surface area contributed by atoms with Crippen LogP contribution in [-0.2, 0) is 25.8 Å². The third-order valence-corrected chi connectivity index (χ3v) is 3.85. The molecule has 1 aromatic carbocycles. The number of aromatic nitrogens is 1. The minimum absolute atomic E-state index is 0.157. The summed E-state index contributed by atoms with van der Waals surface area (Å²) in [5.74, 6) is 1.37. The summed E-state index contributed by atoms with van der Waals surface area (Å²) in [6, 6.07) is 9.85. The molecule has 0 saturated carbocycles. The summed E-state index contributed by atoms with van der Waals surface area (Å²) >= 11 is 0. The molecular weight excluding hydrogens is 264 g/mol. The lowest BCUT2D eigenvalue weighted by molar-refractivity contribution is 0.299. The standard InChI is InChI=1S/C17H20N2O2/c18-11-14-10-13-2-1-3-16(13)19-17(14)21-15-6-4-12(5-7-15)8-9-20/h4-7,10,20H,1-3,8-9,11,18H2. The van der Waals surface area contributed by atoms with Gasteiger partial charge in [0.25, 0.3) is 0 Å². The summed E-state index contributed by atoms with van der Waals surface area (Å²) in [4.78, 5) is 4.64. The first-order valence-corrected chi connectivity index (χ1v) is 7.39. The summed E-state index contributed by atoms with van der Waals surface area (Å²) in [5.41, 5.74) is 10.3. The van der Waals surface area contributed by atoms with Gasteiger partial charge in [0.15, 0.2) is 0 Å². The van der Waals surface area contributed by atoms with Gasteiger partial charge in [-0.25, -0.2) is 4.98 Å². The molecule has 0 unspecified atom stereocenters. The van der Waals surface area contributed by atoms with E-state index < -0.39 is 0 Å². The third-order valence-electron chi connectivity index (χ3n) is 3.85. The van der Waals surface area contributed by atoms with E-state index in [2.05, 4.69) is 11.1 Å². The number of nitrogens with zero attached hydrogens (tertiary/aromatic N) is 1. The number of nitrogens with two attached hydrogens (primary N) is 1. The molecule has 1 aromatic heterocycles. The zero-order chi connectivity index (χ0) is 14.7. The van der Waals surface area contributed by atoms with E-state index in [0.29, 0.717) is 18.8 Å². The van der Waals surface area contributed by atoms with Crippen LogP contribution in [0, 0.1) is 0 Å². The van der Waals surface area contributed by atoms with Gasteiger partial charge in [-0.2, -0.15) is 0 Å². The zero-order valence-corrected chi connectivity index (χ0v) is 12.0. The molecule has 1 aliphatic carbocycles. The summed E-state index contributed by atoms with van der Waals surface area (Å²) in [5, 5.41) is 8.93. The third kappa shape index (κ3) is 3.06. The lowest BCUT2D eigenvalue weighted by atomic mass is 10.1. The van der Waals surface area contributed by atoms with Crippen molar-refractivity contribution in [3.8, 4) is 11.6 Å². The van der Waals surface area contributed by atoms with E-state index in [-0.39, 0.29) is 6.61 Å². The fraction of sp³-hybridized carbons (Fsp3) is 0.353. The van der Waals surface area contributed by atoms with Gasteiger partial charge in [0, 0.05) is 24.4 Å². The van der Waals surface area contributed by atoms with Crippen LogP contribution in [0.4, 0.5) is 0 Å². The Morgan fingerprint density at radius 1 is 1.19 bits per heavy atom. The average Bonchev–Trinajstić information content (AvgIpc) is 2.96. The molecule has 1 aliphatic rings. The second-order valence-electron chi connectivity index (χ2n) is 5.34. The quantitative estimate of drug-likeness (QED) is 0.884. The topological polar surface area (TPSA) is 68.4 Å². The lowest BCUT2D eigenvalue weighted by Gasteiger charge is -2.11. The summed E-state index contributed by atoms with van der Waals surface area (Å²) in [7, 11) is 0. The molecule has 110 valence electrons. The minimum Gasteiger partial charge on any atom is -0.439 e. The fourth-order valence-corrected chi connectivity index (χ4v) is 2.70. The number of aliphatic hydroxyl groups excluding tert-OH is 1.